The average molecular weight is 1030 g/mol. The third kappa shape index (κ3) is 10.7. The number of aryl methyl sites for hydroxylation is 4. The van der Waals surface area contributed by atoms with Gasteiger partial charge >= 0.3 is 0 Å². The molecular formula is C69H78N4O4. The number of benzene rings is 4. The maximum Gasteiger partial charge on any atom is 0.258 e. The van der Waals surface area contributed by atoms with Crippen molar-refractivity contribution >= 4 is 46.2 Å². The van der Waals surface area contributed by atoms with E-state index in [9.17, 15) is 19.2 Å². The van der Waals surface area contributed by atoms with E-state index in [4.69, 9.17) is 0 Å². The Hall–Kier alpha value is -7.32. The van der Waals surface area contributed by atoms with E-state index in [1.165, 1.54) is 80.2 Å². The van der Waals surface area contributed by atoms with Crippen molar-refractivity contribution in [2.45, 2.75) is 155 Å². The van der Waals surface area contributed by atoms with Crippen molar-refractivity contribution in [1.29, 1.82) is 0 Å². The van der Waals surface area contributed by atoms with Gasteiger partial charge in [-0.05, 0) is 189 Å². The molecule has 2 amide bonds. The molecule has 0 atom stereocenters. The Bertz CT molecular complexity index is 3450. The van der Waals surface area contributed by atoms with Crippen LogP contribution in [-0.2, 0) is 15.0 Å². The smallest absolute Gasteiger partial charge is 0.258 e. The number of amides is 2. The first-order chi connectivity index (χ1) is 36.2. The fourth-order valence-electron chi connectivity index (χ4n) is 11.9. The number of carbonyl (C=O) groups excluding carboxylic acids is 4. The molecule has 0 aromatic heterocycles. The molecule has 0 saturated carbocycles. The zero-order valence-corrected chi connectivity index (χ0v) is 49.1. The number of fused-ring (bicyclic) bond motifs is 6. The lowest BCUT2D eigenvalue weighted by Gasteiger charge is -2.22. The first-order valence-corrected chi connectivity index (χ1v) is 27.2. The van der Waals surface area contributed by atoms with Crippen molar-refractivity contribution in [2.24, 2.45) is 9.98 Å². The molecule has 0 bridgehead atoms. The van der Waals surface area contributed by atoms with Crippen LogP contribution in [0.4, 0.5) is 0 Å². The minimum absolute atomic E-state index is 0.0000945. The fraction of sp³-hybridized carbons (Fsp3) is 0.362. The van der Waals surface area contributed by atoms with Crippen LogP contribution in [0.1, 0.15) is 176 Å². The van der Waals surface area contributed by atoms with Crippen molar-refractivity contribution in [3.63, 3.8) is 0 Å². The van der Waals surface area contributed by atoms with E-state index in [1.807, 2.05) is 39.8 Å². The predicted molar refractivity (Wildman–Crippen MR) is 318 cm³/mol. The fourth-order valence-corrected chi connectivity index (χ4v) is 11.9. The van der Waals surface area contributed by atoms with Crippen LogP contribution in [0.2, 0.25) is 0 Å². The van der Waals surface area contributed by atoms with Crippen molar-refractivity contribution in [1.82, 2.24) is 9.80 Å². The molecule has 398 valence electrons. The summed E-state index contributed by atoms with van der Waals surface area (Å²) in [6.07, 6.45) is 5.30. The lowest BCUT2D eigenvalue weighted by Crippen LogP contribution is -2.21. The standard InChI is InChI=1S/C17H18.C14H14N2O2.C12H16.C10H10O2.C8H10N2.C8H10/c1-11-5-7-13-14-8-6-12(2)10-16(14)17(3,4)15(13)9-11;1-7-9-5-12-10(8(2)16(4)14(12)18)6-11(9)13(17)15(7)3;1-7-5-11-10(4)8(2)6-12(11)9(7)3;1-5-7-3-10(12)6(2)8(7)4-9(5)11;1-5-3-7-8(9-5)4-6(2)10-7;1-7-4-3-5-8(2)6-7/h5-10H,1-4H3;5-6H,1-4H3;5-6H2,1-4H3;3-4H2,1-2H3;3-4H2,1-2H3;3-6H,1-2H3. The van der Waals surface area contributed by atoms with Crippen LogP contribution < -0.4 is 10.4 Å². The van der Waals surface area contributed by atoms with Gasteiger partial charge in [-0.3, -0.25) is 29.2 Å². The van der Waals surface area contributed by atoms with Gasteiger partial charge in [0.05, 0.1) is 11.4 Å². The van der Waals surface area contributed by atoms with Gasteiger partial charge in [-0.15, -0.1) is 0 Å². The van der Waals surface area contributed by atoms with Crippen molar-refractivity contribution in [3.05, 3.63) is 195 Å². The van der Waals surface area contributed by atoms with E-state index in [1.54, 1.807) is 57.3 Å². The Morgan fingerprint density at radius 2 is 0.766 bits per heavy atom. The molecule has 0 N–H and O–H groups in total. The first kappa shape index (κ1) is 55.9. The second kappa shape index (κ2) is 21.6. The molecule has 8 heteroatoms. The predicted octanol–water partition coefficient (Wildman–Crippen LogP) is 14.3. The minimum atomic E-state index is 0.0000945. The van der Waals surface area contributed by atoms with Gasteiger partial charge in [0, 0.05) is 89.6 Å². The number of aliphatic imine (C=N–C) groups is 2. The van der Waals surface area contributed by atoms with Gasteiger partial charge in [-0.25, -0.2) is 0 Å². The Morgan fingerprint density at radius 3 is 1.12 bits per heavy atom. The molecule has 4 aromatic carbocycles. The summed E-state index contributed by atoms with van der Waals surface area (Å²) >= 11 is 0. The maximum atomic E-state index is 12.1. The molecule has 4 aromatic rings. The van der Waals surface area contributed by atoms with E-state index in [0.717, 1.165) is 57.0 Å². The molecule has 0 unspecified atom stereocenters. The van der Waals surface area contributed by atoms with Crippen LogP contribution >= 0.6 is 0 Å². The van der Waals surface area contributed by atoms with Gasteiger partial charge in [0.15, 0.2) is 11.6 Å². The summed E-state index contributed by atoms with van der Waals surface area (Å²) in [6.45, 7) is 33.8. The third-order valence-electron chi connectivity index (χ3n) is 17.2. The number of ketones is 2. The minimum Gasteiger partial charge on any atom is -0.315 e. The highest BCUT2D eigenvalue weighted by molar-refractivity contribution is 6.12. The lowest BCUT2D eigenvalue weighted by molar-refractivity contribution is -0.114. The van der Waals surface area contributed by atoms with Gasteiger partial charge in [0.1, 0.15) is 0 Å². The van der Waals surface area contributed by atoms with Crippen LogP contribution in [0.25, 0.3) is 22.5 Å². The summed E-state index contributed by atoms with van der Waals surface area (Å²) in [6, 6.07) is 25.8. The molecule has 8 nitrogen and oxygen atoms in total. The average Bonchev–Trinajstić information content (AvgIpc) is 4.27. The summed E-state index contributed by atoms with van der Waals surface area (Å²) in [5, 5.41) is 1.75. The first-order valence-electron chi connectivity index (χ1n) is 27.2. The highest BCUT2D eigenvalue weighted by Crippen LogP contribution is 2.49. The van der Waals surface area contributed by atoms with Gasteiger partial charge in [-0.1, -0.05) is 108 Å². The third-order valence-corrected chi connectivity index (χ3v) is 17.2. The van der Waals surface area contributed by atoms with E-state index in [2.05, 4.69) is 154 Å². The van der Waals surface area contributed by atoms with Gasteiger partial charge < -0.3 is 9.80 Å². The number of Topliss-reactive ketones (excluding diaryl/α,β-unsaturated/α-hetero) is 2. The van der Waals surface area contributed by atoms with Crippen LogP contribution in [0, 0.1) is 27.7 Å². The number of nitrogens with zero attached hydrogens (tertiary/aromatic N) is 4. The molecule has 0 radical (unpaired) electrons. The van der Waals surface area contributed by atoms with Crippen LogP contribution in [0.3, 0.4) is 0 Å². The Morgan fingerprint density at radius 1 is 0.403 bits per heavy atom. The highest BCUT2D eigenvalue weighted by Gasteiger charge is 2.36. The Balaban J connectivity index is 0.000000125. The van der Waals surface area contributed by atoms with Crippen LogP contribution in [-0.4, -0.2) is 58.7 Å². The van der Waals surface area contributed by atoms with Crippen molar-refractivity contribution in [3.8, 4) is 11.1 Å². The summed E-state index contributed by atoms with van der Waals surface area (Å²) < 4.78 is 0. The number of hydrogen-bond acceptors (Lipinski definition) is 6. The molecule has 0 spiro atoms. The summed E-state index contributed by atoms with van der Waals surface area (Å²) in [5.74, 6) is 0.374. The zero-order valence-electron chi connectivity index (χ0n) is 49.1. The largest absolute Gasteiger partial charge is 0.315 e. The Labute approximate surface area is 457 Å². The molecular weight excluding hydrogens is 949 g/mol. The number of rotatable bonds is 0. The lowest BCUT2D eigenvalue weighted by atomic mass is 9.81. The summed E-state index contributed by atoms with van der Waals surface area (Å²) in [7, 11) is 3.51. The van der Waals surface area contributed by atoms with Gasteiger partial charge in [0.25, 0.3) is 11.8 Å². The van der Waals surface area contributed by atoms with E-state index >= 15 is 0 Å². The maximum absolute atomic E-state index is 12.1. The summed E-state index contributed by atoms with van der Waals surface area (Å²) in [5.41, 5.74) is 32.4. The normalized spacial score (nSPS) is 18.7. The molecule has 4 heterocycles. The second-order valence-corrected chi connectivity index (χ2v) is 23.2. The SMILES string of the molecule is CC1=C(C)C2=C(C1)C(C)=C(C)C2.CC1=C2CC(=O)C(C)=C2CC1=O.CC1=NC2=C(C1)N=C(C)C2.CC1=c2cc3c(cc2C(=O)N1C)=C(C)N(C)C3=O.Cc1ccc2c(c1)C(C)(C)c1cc(C)ccc1-2.Cc1cccc(C)c1. The van der Waals surface area contributed by atoms with Crippen LogP contribution in [0.15, 0.2) is 150 Å². The summed E-state index contributed by atoms with van der Waals surface area (Å²) in [4.78, 5) is 58.6. The second-order valence-electron chi connectivity index (χ2n) is 23.2. The molecule has 13 rings (SSSR count). The van der Waals surface area contributed by atoms with E-state index in [-0.39, 0.29) is 28.8 Å². The molecule has 0 saturated heterocycles. The van der Waals surface area contributed by atoms with Crippen molar-refractivity contribution in [2.75, 3.05) is 14.1 Å². The molecule has 77 heavy (non-hydrogen) atoms. The van der Waals surface area contributed by atoms with Crippen LogP contribution in [0.5, 0.6) is 0 Å². The molecule has 0 fully saturated rings. The number of carbonyl (C=O) groups is 4. The topological polar surface area (TPSA) is 99.5 Å². The monoisotopic (exact) mass is 1030 g/mol. The van der Waals surface area contributed by atoms with Gasteiger partial charge in [0.2, 0.25) is 0 Å². The Kier molecular flexibility index (Phi) is 15.7. The molecule has 9 aliphatic rings. The molecule has 5 aliphatic carbocycles. The zero-order chi connectivity index (χ0) is 56.3. The molecule has 4 aliphatic heterocycles. The number of allylic oxidation sites excluding steroid dienone is 12. The number of hydrogen-bond donors (Lipinski definition) is 0. The quantitative estimate of drug-likeness (QED) is 0.175. The van der Waals surface area contributed by atoms with Gasteiger partial charge in [-0.2, -0.15) is 0 Å². The van der Waals surface area contributed by atoms with E-state index in [0.29, 0.717) is 24.0 Å². The highest BCUT2D eigenvalue weighted by atomic mass is 16.2. The van der Waals surface area contributed by atoms with E-state index < -0.39 is 0 Å². The van der Waals surface area contributed by atoms with Crippen molar-refractivity contribution < 1.29 is 19.2 Å².